The maximum Gasteiger partial charge on any atom is 0.317 e. The third kappa shape index (κ3) is 3.57. The standard InChI is InChI=1S/C8H19N3O/c1-6(2)7(5-9)10-8(12)11(3)4/h6-7H,5,9H2,1-4H3,(H,10,12). The molecule has 0 heterocycles. The highest BCUT2D eigenvalue weighted by Crippen LogP contribution is 1.99. The summed E-state index contributed by atoms with van der Waals surface area (Å²) in [5, 5.41) is 2.83. The molecule has 0 saturated heterocycles. The molecule has 0 aliphatic carbocycles. The van der Waals surface area contributed by atoms with Gasteiger partial charge in [0.2, 0.25) is 0 Å². The predicted octanol–water partition coefficient (Wildman–Crippen LogP) is 0.241. The predicted molar refractivity (Wildman–Crippen MR) is 49.9 cm³/mol. The zero-order chi connectivity index (χ0) is 9.72. The number of urea groups is 1. The fourth-order valence-electron chi connectivity index (χ4n) is 0.785. The van der Waals surface area contributed by atoms with Crippen molar-refractivity contribution in [1.29, 1.82) is 0 Å². The Bertz CT molecular complexity index is 145. The Morgan fingerprint density at radius 3 is 2.25 bits per heavy atom. The van der Waals surface area contributed by atoms with Crippen LogP contribution in [-0.4, -0.2) is 37.6 Å². The van der Waals surface area contributed by atoms with E-state index in [0.717, 1.165) is 0 Å². The lowest BCUT2D eigenvalue weighted by Gasteiger charge is -2.22. The third-order valence-corrected chi connectivity index (χ3v) is 1.77. The average molecular weight is 173 g/mol. The van der Waals surface area contributed by atoms with Crippen LogP contribution in [0.1, 0.15) is 13.8 Å². The lowest BCUT2D eigenvalue weighted by atomic mass is 10.1. The van der Waals surface area contributed by atoms with Crippen molar-refractivity contribution in [3.8, 4) is 0 Å². The first-order chi connectivity index (χ1) is 5.49. The smallest absolute Gasteiger partial charge is 0.317 e. The van der Waals surface area contributed by atoms with Crippen LogP contribution in [0.4, 0.5) is 4.79 Å². The molecule has 0 aromatic carbocycles. The molecule has 3 N–H and O–H groups in total. The van der Waals surface area contributed by atoms with Crippen LogP contribution in [-0.2, 0) is 0 Å². The second-order valence-corrected chi connectivity index (χ2v) is 3.43. The normalized spacial score (nSPS) is 12.8. The van der Waals surface area contributed by atoms with E-state index >= 15 is 0 Å². The monoisotopic (exact) mass is 173 g/mol. The molecule has 12 heavy (non-hydrogen) atoms. The summed E-state index contributed by atoms with van der Waals surface area (Å²) >= 11 is 0. The Morgan fingerprint density at radius 1 is 1.50 bits per heavy atom. The third-order valence-electron chi connectivity index (χ3n) is 1.77. The first kappa shape index (κ1) is 11.2. The highest BCUT2D eigenvalue weighted by molar-refractivity contribution is 5.73. The number of carbonyl (C=O) groups excluding carboxylic acids is 1. The van der Waals surface area contributed by atoms with Gasteiger partial charge in [0.05, 0.1) is 0 Å². The van der Waals surface area contributed by atoms with E-state index in [4.69, 9.17) is 5.73 Å². The molecule has 0 spiro atoms. The van der Waals surface area contributed by atoms with Gasteiger partial charge in [-0.3, -0.25) is 0 Å². The van der Waals surface area contributed by atoms with E-state index in [1.807, 2.05) is 13.8 Å². The van der Waals surface area contributed by atoms with Crippen molar-refractivity contribution < 1.29 is 4.79 Å². The summed E-state index contributed by atoms with van der Waals surface area (Å²) in [5.41, 5.74) is 5.49. The Morgan fingerprint density at radius 2 is 2.00 bits per heavy atom. The van der Waals surface area contributed by atoms with Crippen LogP contribution in [0.25, 0.3) is 0 Å². The lowest BCUT2D eigenvalue weighted by Crippen LogP contribution is -2.47. The fraction of sp³-hybridized carbons (Fsp3) is 0.875. The van der Waals surface area contributed by atoms with Gasteiger partial charge in [0.15, 0.2) is 0 Å². The molecule has 4 nitrogen and oxygen atoms in total. The molecule has 0 fully saturated rings. The van der Waals surface area contributed by atoms with Crippen LogP contribution in [0, 0.1) is 5.92 Å². The van der Waals surface area contributed by atoms with Crippen molar-refractivity contribution in [3.05, 3.63) is 0 Å². The van der Waals surface area contributed by atoms with Crippen LogP contribution in [0.15, 0.2) is 0 Å². The summed E-state index contributed by atoms with van der Waals surface area (Å²) in [6, 6.07) is -0.0148. The van der Waals surface area contributed by atoms with Gasteiger partial charge in [-0.25, -0.2) is 4.79 Å². The molecule has 0 saturated carbocycles. The second-order valence-electron chi connectivity index (χ2n) is 3.43. The van der Waals surface area contributed by atoms with Gasteiger partial charge in [-0.15, -0.1) is 0 Å². The molecule has 0 radical (unpaired) electrons. The van der Waals surface area contributed by atoms with E-state index in [1.54, 1.807) is 14.1 Å². The number of carbonyl (C=O) groups is 1. The maximum atomic E-state index is 11.2. The Hall–Kier alpha value is -0.770. The number of hydrogen-bond acceptors (Lipinski definition) is 2. The van der Waals surface area contributed by atoms with Crippen LogP contribution in [0.2, 0.25) is 0 Å². The summed E-state index contributed by atoms with van der Waals surface area (Å²) in [6.07, 6.45) is 0. The molecule has 0 aliphatic heterocycles. The average Bonchev–Trinajstić information content (AvgIpc) is 1.98. The minimum atomic E-state index is -0.0841. The van der Waals surface area contributed by atoms with Crippen LogP contribution < -0.4 is 11.1 Å². The van der Waals surface area contributed by atoms with Crippen molar-refractivity contribution in [3.63, 3.8) is 0 Å². The summed E-state index contributed by atoms with van der Waals surface area (Å²) in [6.45, 7) is 4.55. The minimum absolute atomic E-state index is 0.0694. The van der Waals surface area contributed by atoms with Crippen molar-refractivity contribution in [1.82, 2.24) is 10.2 Å². The van der Waals surface area contributed by atoms with Crippen molar-refractivity contribution in [2.45, 2.75) is 19.9 Å². The van der Waals surface area contributed by atoms with Crippen molar-refractivity contribution >= 4 is 6.03 Å². The molecular formula is C8H19N3O. The lowest BCUT2D eigenvalue weighted by molar-refractivity contribution is 0.209. The molecule has 2 amide bonds. The molecule has 0 bridgehead atoms. The highest BCUT2D eigenvalue weighted by atomic mass is 16.2. The van der Waals surface area contributed by atoms with E-state index in [1.165, 1.54) is 4.90 Å². The zero-order valence-corrected chi connectivity index (χ0v) is 8.29. The fourth-order valence-corrected chi connectivity index (χ4v) is 0.785. The van der Waals surface area contributed by atoms with Gasteiger partial charge in [0.1, 0.15) is 0 Å². The summed E-state index contributed by atoms with van der Waals surface area (Å²) in [7, 11) is 3.42. The summed E-state index contributed by atoms with van der Waals surface area (Å²) < 4.78 is 0. The molecule has 0 aromatic rings. The molecular weight excluding hydrogens is 154 g/mol. The Kier molecular flexibility index (Phi) is 4.66. The van der Waals surface area contributed by atoms with Gasteiger partial charge in [-0.2, -0.15) is 0 Å². The number of nitrogens with one attached hydrogen (secondary N) is 1. The van der Waals surface area contributed by atoms with Gasteiger partial charge in [-0.1, -0.05) is 13.8 Å². The van der Waals surface area contributed by atoms with Crippen LogP contribution in [0.5, 0.6) is 0 Å². The first-order valence-electron chi connectivity index (χ1n) is 4.17. The maximum absolute atomic E-state index is 11.2. The van der Waals surface area contributed by atoms with E-state index < -0.39 is 0 Å². The van der Waals surface area contributed by atoms with E-state index in [0.29, 0.717) is 12.5 Å². The van der Waals surface area contributed by atoms with Gasteiger partial charge < -0.3 is 16.0 Å². The molecule has 4 heteroatoms. The van der Waals surface area contributed by atoms with Crippen molar-refractivity contribution in [2.75, 3.05) is 20.6 Å². The number of nitrogens with two attached hydrogens (primary N) is 1. The van der Waals surface area contributed by atoms with E-state index in [-0.39, 0.29) is 12.1 Å². The molecule has 0 rings (SSSR count). The topological polar surface area (TPSA) is 58.4 Å². The molecule has 1 atom stereocenters. The number of nitrogens with zero attached hydrogens (tertiary/aromatic N) is 1. The summed E-state index contributed by atoms with van der Waals surface area (Å²) in [4.78, 5) is 12.7. The highest BCUT2D eigenvalue weighted by Gasteiger charge is 2.14. The quantitative estimate of drug-likeness (QED) is 0.642. The molecule has 0 aliphatic rings. The first-order valence-corrected chi connectivity index (χ1v) is 4.17. The Balaban J connectivity index is 3.94. The Labute approximate surface area is 74.1 Å². The molecule has 72 valence electrons. The largest absolute Gasteiger partial charge is 0.334 e. The number of rotatable bonds is 3. The minimum Gasteiger partial charge on any atom is -0.334 e. The van der Waals surface area contributed by atoms with E-state index in [2.05, 4.69) is 5.32 Å². The van der Waals surface area contributed by atoms with Crippen molar-refractivity contribution in [2.24, 2.45) is 11.7 Å². The molecule has 1 unspecified atom stereocenters. The van der Waals surface area contributed by atoms with E-state index in [9.17, 15) is 4.79 Å². The summed E-state index contributed by atoms with van der Waals surface area (Å²) in [5.74, 6) is 0.374. The molecule has 0 aromatic heterocycles. The van der Waals surface area contributed by atoms with Crippen LogP contribution in [0.3, 0.4) is 0 Å². The SMILES string of the molecule is CC(C)C(CN)NC(=O)N(C)C. The van der Waals surface area contributed by atoms with Crippen LogP contribution >= 0.6 is 0 Å². The number of amides is 2. The number of hydrogen-bond donors (Lipinski definition) is 2. The van der Waals surface area contributed by atoms with Gasteiger partial charge in [0, 0.05) is 26.7 Å². The second kappa shape index (κ2) is 4.98. The van der Waals surface area contributed by atoms with Gasteiger partial charge in [0.25, 0.3) is 0 Å². The van der Waals surface area contributed by atoms with Gasteiger partial charge >= 0.3 is 6.03 Å². The zero-order valence-electron chi connectivity index (χ0n) is 8.29. The van der Waals surface area contributed by atoms with Gasteiger partial charge in [-0.05, 0) is 5.92 Å².